The number of aliphatic hydroxyl groups is 1. The fourth-order valence-corrected chi connectivity index (χ4v) is 2.25. The Morgan fingerprint density at radius 2 is 1.85 bits per heavy atom. The van der Waals surface area contributed by atoms with Crippen molar-refractivity contribution in [3.63, 3.8) is 0 Å². The second-order valence-corrected chi connectivity index (χ2v) is 5.79. The van der Waals surface area contributed by atoms with Crippen LogP contribution in [0.2, 0.25) is 0 Å². The predicted octanol–water partition coefficient (Wildman–Crippen LogP) is 0.383. The van der Waals surface area contributed by atoms with E-state index in [0.29, 0.717) is 17.9 Å². The van der Waals surface area contributed by atoms with Crippen LogP contribution in [0.1, 0.15) is 34.4 Å². The molecule has 0 unspecified atom stereocenters. The summed E-state index contributed by atoms with van der Waals surface area (Å²) in [6.07, 6.45) is -1.17. The molecule has 0 bridgehead atoms. The zero-order chi connectivity index (χ0) is 19.8. The quantitative estimate of drug-likeness (QED) is 0.284. The van der Waals surface area contributed by atoms with Gasteiger partial charge in [0.2, 0.25) is 0 Å². The van der Waals surface area contributed by atoms with Gasteiger partial charge in [-0.15, -0.1) is 0 Å². The summed E-state index contributed by atoms with van der Waals surface area (Å²) in [5.74, 6) is 5.69. The molecule has 0 saturated carbocycles. The Kier molecular flexibility index (Phi) is 7.14. The minimum absolute atomic E-state index is 0.284. The summed E-state index contributed by atoms with van der Waals surface area (Å²) in [7, 11) is 1.82. The van der Waals surface area contributed by atoms with Crippen LogP contribution in [0.25, 0.3) is 0 Å². The Hall–Kier alpha value is -3.12. The highest BCUT2D eigenvalue weighted by Gasteiger charge is 2.25. The number of benzene rings is 1. The van der Waals surface area contributed by atoms with Crippen LogP contribution in [0.3, 0.4) is 0 Å². The molecule has 5 N–H and O–H groups in total. The van der Waals surface area contributed by atoms with Crippen LogP contribution in [0.15, 0.2) is 40.8 Å². The Morgan fingerprint density at radius 1 is 1.15 bits per heavy atom. The third-order valence-corrected chi connectivity index (χ3v) is 3.65. The number of hydrogen-bond acceptors (Lipinski definition) is 6. The van der Waals surface area contributed by atoms with Crippen molar-refractivity contribution >= 4 is 11.8 Å². The average molecular weight is 371 g/mol. The fraction of sp³-hybridized carbons (Fsp3) is 0.263. The molecule has 2 amide bonds. The first-order chi connectivity index (χ1) is 12.9. The second-order valence-electron chi connectivity index (χ2n) is 5.79. The van der Waals surface area contributed by atoms with Gasteiger partial charge in [0.15, 0.2) is 5.76 Å². The van der Waals surface area contributed by atoms with E-state index in [1.54, 1.807) is 30.3 Å². The third kappa shape index (κ3) is 5.69. The van der Waals surface area contributed by atoms with Crippen LogP contribution in [-0.2, 0) is 11.3 Å². The average Bonchev–Trinajstić information content (AvgIpc) is 3.11. The Morgan fingerprint density at radius 3 is 2.44 bits per heavy atom. The zero-order valence-corrected chi connectivity index (χ0v) is 14.9. The number of hydrogen-bond donors (Lipinski definition) is 5. The third-order valence-electron chi connectivity index (χ3n) is 3.65. The first kappa shape index (κ1) is 20.2. The summed E-state index contributed by atoms with van der Waals surface area (Å²) in [4.78, 5) is 23.7. The zero-order valence-electron chi connectivity index (χ0n) is 14.9. The number of furan rings is 1. The van der Waals surface area contributed by atoms with Crippen molar-refractivity contribution in [2.45, 2.75) is 25.6 Å². The molecule has 0 radical (unpaired) electrons. The van der Waals surface area contributed by atoms with Gasteiger partial charge in [0.25, 0.3) is 11.8 Å². The largest absolute Gasteiger partial charge is 0.451 e. The molecule has 1 aromatic heterocycles. The van der Waals surface area contributed by atoms with E-state index in [1.807, 2.05) is 13.1 Å². The normalized spacial score (nSPS) is 12.4. The molecule has 2 rings (SSSR count). The standard InChI is InChI=1S/C19H21N3O5/c1-12(23)17(19(25)22-26)21-18(24)14-6-3-13(4-7-14)5-8-15-9-10-16(27-15)11-20-2/h3-4,6-7,9-10,12,17,20,23,26H,11H2,1-2H3,(H,21,24)(H,22,25)/t12-,17+/m1/s1. The van der Waals surface area contributed by atoms with E-state index in [-0.39, 0.29) is 5.56 Å². The molecule has 1 aromatic carbocycles. The SMILES string of the molecule is CNCc1ccc(C#Cc2ccc(C(=O)N[C@H](C(=O)NO)[C@@H](C)O)cc2)o1. The Balaban J connectivity index is 2.05. The van der Waals surface area contributed by atoms with E-state index in [9.17, 15) is 14.7 Å². The molecular formula is C19H21N3O5. The summed E-state index contributed by atoms with van der Waals surface area (Å²) >= 11 is 0. The number of hydroxylamine groups is 1. The summed E-state index contributed by atoms with van der Waals surface area (Å²) in [6, 6.07) is 8.76. The highest BCUT2D eigenvalue weighted by Crippen LogP contribution is 2.08. The number of aliphatic hydroxyl groups excluding tert-OH is 1. The molecule has 0 aliphatic carbocycles. The van der Waals surface area contributed by atoms with Crippen LogP contribution in [0.4, 0.5) is 0 Å². The van der Waals surface area contributed by atoms with E-state index in [4.69, 9.17) is 9.62 Å². The second kappa shape index (κ2) is 9.54. The van der Waals surface area contributed by atoms with E-state index < -0.39 is 24.0 Å². The molecule has 27 heavy (non-hydrogen) atoms. The van der Waals surface area contributed by atoms with Crippen molar-refractivity contribution < 1.29 is 24.3 Å². The highest BCUT2D eigenvalue weighted by atomic mass is 16.5. The molecular weight excluding hydrogens is 350 g/mol. The van der Waals surface area contributed by atoms with E-state index >= 15 is 0 Å². The lowest BCUT2D eigenvalue weighted by Crippen LogP contribution is -2.51. The van der Waals surface area contributed by atoms with Crippen LogP contribution >= 0.6 is 0 Å². The van der Waals surface area contributed by atoms with E-state index in [0.717, 1.165) is 5.76 Å². The number of carbonyl (C=O) groups is 2. The first-order valence-electron chi connectivity index (χ1n) is 8.23. The molecule has 2 atom stereocenters. The van der Waals surface area contributed by atoms with Crippen LogP contribution in [0, 0.1) is 11.8 Å². The van der Waals surface area contributed by atoms with Gasteiger partial charge in [-0.1, -0.05) is 5.92 Å². The van der Waals surface area contributed by atoms with Crippen molar-refractivity contribution in [3.05, 3.63) is 59.0 Å². The maximum absolute atomic E-state index is 12.2. The molecule has 0 aliphatic rings. The summed E-state index contributed by atoms with van der Waals surface area (Å²) in [5.41, 5.74) is 2.37. The van der Waals surface area contributed by atoms with Gasteiger partial charge < -0.3 is 20.2 Å². The van der Waals surface area contributed by atoms with E-state index in [1.165, 1.54) is 12.4 Å². The van der Waals surface area contributed by atoms with Gasteiger partial charge in [-0.2, -0.15) is 0 Å². The molecule has 0 saturated heterocycles. The number of amides is 2. The molecule has 0 spiro atoms. The molecule has 0 aliphatic heterocycles. The molecule has 8 nitrogen and oxygen atoms in total. The minimum Gasteiger partial charge on any atom is -0.451 e. The van der Waals surface area contributed by atoms with Crippen LogP contribution < -0.4 is 16.1 Å². The lowest BCUT2D eigenvalue weighted by Gasteiger charge is -2.19. The fourth-order valence-electron chi connectivity index (χ4n) is 2.25. The number of carbonyl (C=O) groups excluding carboxylic acids is 2. The van der Waals surface area contributed by atoms with Gasteiger partial charge in [-0.05, 0) is 56.3 Å². The molecule has 142 valence electrons. The van der Waals surface area contributed by atoms with Crippen LogP contribution in [-0.4, -0.2) is 41.3 Å². The van der Waals surface area contributed by atoms with Gasteiger partial charge in [0.05, 0.1) is 12.6 Å². The lowest BCUT2D eigenvalue weighted by atomic mass is 10.1. The van der Waals surface area contributed by atoms with E-state index in [2.05, 4.69) is 22.5 Å². The number of rotatable bonds is 6. The smallest absolute Gasteiger partial charge is 0.268 e. The predicted molar refractivity (Wildman–Crippen MR) is 96.8 cm³/mol. The first-order valence-corrected chi connectivity index (χ1v) is 8.23. The monoisotopic (exact) mass is 371 g/mol. The molecule has 0 fully saturated rings. The molecule has 2 aromatic rings. The summed E-state index contributed by atoms with van der Waals surface area (Å²) < 4.78 is 5.52. The van der Waals surface area contributed by atoms with Gasteiger partial charge in [-0.3, -0.25) is 14.8 Å². The van der Waals surface area contributed by atoms with Crippen molar-refractivity contribution in [3.8, 4) is 11.8 Å². The van der Waals surface area contributed by atoms with Crippen molar-refractivity contribution in [1.29, 1.82) is 0 Å². The Bertz CT molecular complexity index is 846. The maximum Gasteiger partial charge on any atom is 0.268 e. The summed E-state index contributed by atoms with van der Waals surface area (Å²) in [5, 5.41) is 23.6. The van der Waals surface area contributed by atoms with Crippen molar-refractivity contribution in [2.24, 2.45) is 0 Å². The minimum atomic E-state index is -1.27. The van der Waals surface area contributed by atoms with Crippen molar-refractivity contribution in [1.82, 2.24) is 16.1 Å². The van der Waals surface area contributed by atoms with Gasteiger partial charge in [0, 0.05) is 11.1 Å². The van der Waals surface area contributed by atoms with Crippen LogP contribution in [0.5, 0.6) is 0 Å². The highest BCUT2D eigenvalue weighted by molar-refractivity contribution is 5.97. The lowest BCUT2D eigenvalue weighted by molar-refractivity contribution is -0.133. The van der Waals surface area contributed by atoms with Gasteiger partial charge >= 0.3 is 0 Å². The van der Waals surface area contributed by atoms with Gasteiger partial charge in [0.1, 0.15) is 11.8 Å². The molecule has 1 heterocycles. The Labute approximate surface area is 156 Å². The summed E-state index contributed by atoms with van der Waals surface area (Å²) in [6.45, 7) is 1.95. The van der Waals surface area contributed by atoms with Gasteiger partial charge in [-0.25, -0.2) is 5.48 Å². The maximum atomic E-state index is 12.2. The topological polar surface area (TPSA) is 124 Å². The van der Waals surface area contributed by atoms with Crippen molar-refractivity contribution in [2.75, 3.05) is 7.05 Å². The number of nitrogens with one attached hydrogen (secondary N) is 3. The molecule has 8 heteroatoms.